The second kappa shape index (κ2) is 5.68. The van der Waals surface area contributed by atoms with Crippen LogP contribution >= 0.6 is 25.1 Å². The molecule has 0 spiro atoms. The lowest BCUT2D eigenvalue weighted by Gasteiger charge is -2.19. The molecule has 2 heterocycles. The normalized spacial score (nSPS) is 15.6. The summed E-state index contributed by atoms with van der Waals surface area (Å²) in [5, 5.41) is 1.07. The van der Waals surface area contributed by atoms with Crippen molar-refractivity contribution in [1.29, 1.82) is 0 Å². The third-order valence-corrected chi connectivity index (χ3v) is 6.25. The zero-order valence-corrected chi connectivity index (χ0v) is 12.8. The highest BCUT2D eigenvalue weighted by molar-refractivity contribution is 7.51. The van der Waals surface area contributed by atoms with Crippen molar-refractivity contribution in [3.05, 3.63) is 42.5 Å². The van der Waals surface area contributed by atoms with Gasteiger partial charge >= 0.3 is 0 Å². The molecule has 0 radical (unpaired) electrons. The van der Waals surface area contributed by atoms with Gasteiger partial charge in [-0.25, -0.2) is 0 Å². The molecule has 1 aliphatic rings. The van der Waals surface area contributed by atoms with Gasteiger partial charge in [-0.3, -0.25) is 9.59 Å². The second-order valence-corrected chi connectivity index (χ2v) is 7.58. The molecule has 2 aromatic rings. The first-order chi connectivity index (χ1) is 9.75. The number of hydrogen-bond acceptors (Lipinski definition) is 4. The third kappa shape index (κ3) is 2.56. The van der Waals surface area contributed by atoms with Gasteiger partial charge in [-0.05, 0) is 12.1 Å². The molecule has 1 aromatic carbocycles. The van der Waals surface area contributed by atoms with Crippen LogP contribution in [-0.4, -0.2) is 25.0 Å². The summed E-state index contributed by atoms with van der Waals surface area (Å²) in [5.74, 6) is -0.0919. The van der Waals surface area contributed by atoms with E-state index in [1.54, 1.807) is 4.20 Å². The number of rotatable bonds is 3. The van der Waals surface area contributed by atoms with Crippen molar-refractivity contribution in [2.45, 2.75) is 0 Å². The molecule has 0 fully saturated rings. The van der Waals surface area contributed by atoms with Gasteiger partial charge in [-0.15, -0.1) is 4.51 Å². The molecule has 2 atom stereocenters. The SMILES string of the molecule is O=C1C=CC(=O)N1n1[pH][nH]pnp1Oc1ccccc1. The van der Waals surface area contributed by atoms with Crippen molar-refractivity contribution in [3.63, 3.8) is 0 Å². The molecular formula is C10H9N4O3P3. The predicted octanol–water partition coefficient (Wildman–Crippen LogP) is 2.34. The maximum atomic E-state index is 11.7. The Hall–Kier alpha value is -1.80. The van der Waals surface area contributed by atoms with Gasteiger partial charge in [-0.2, -0.15) is 9.21 Å². The van der Waals surface area contributed by atoms with E-state index in [2.05, 4.69) is 9.02 Å². The second-order valence-electron chi connectivity index (χ2n) is 3.68. The molecule has 102 valence electrons. The van der Waals surface area contributed by atoms with Crippen LogP contribution < -0.4 is 9.53 Å². The molecule has 0 aliphatic carbocycles. The highest BCUT2D eigenvalue weighted by Crippen LogP contribution is 2.32. The Kier molecular flexibility index (Phi) is 3.75. The first-order valence-electron chi connectivity index (χ1n) is 5.56. The van der Waals surface area contributed by atoms with Crippen LogP contribution in [-0.2, 0) is 9.59 Å². The van der Waals surface area contributed by atoms with Gasteiger partial charge in [0.05, 0.1) is 0 Å². The molecule has 2 unspecified atom stereocenters. The van der Waals surface area contributed by atoms with E-state index in [0.29, 0.717) is 14.3 Å². The molecule has 10 heteroatoms. The van der Waals surface area contributed by atoms with Gasteiger partial charge in [-0.1, -0.05) is 18.2 Å². The summed E-state index contributed by atoms with van der Waals surface area (Å²) in [5.41, 5.74) is 0. The zero-order chi connectivity index (χ0) is 13.9. The maximum absolute atomic E-state index is 11.7. The van der Waals surface area contributed by atoms with E-state index >= 15 is 0 Å². The van der Waals surface area contributed by atoms with Crippen LogP contribution in [0.15, 0.2) is 42.5 Å². The van der Waals surface area contributed by atoms with Gasteiger partial charge in [0.15, 0.2) is 0 Å². The van der Waals surface area contributed by atoms with Gasteiger partial charge in [0.2, 0.25) is 0 Å². The smallest absolute Gasteiger partial charge is 0.287 e. The highest BCUT2D eigenvalue weighted by atomic mass is 31.2. The van der Waals surface area contributed by atoms with Crippen LogP contribution in [0.2, 0.25) is 0 Å². The van der Waals surface area contributed by atoms with E-state index in [1.807, 2.05) is 30.3 Å². The lowest BCUT2D eigenvalue weighted by molar-refractivity contribution is -0.121. The van der Waals surface area contributed by atoms with E-state index in [-0.39, 0.29) is 20.3 Å². The Morgan fingerprint density at radius 3 is 2.60 bits per heavy atom. The fraction of sp³-hybridized carbons (Fsp3) is 0. The monoisotopic (exact) mass is 326 g/mol. The van der Waals surface area contributed by atoms with Gasteiger partial charge < -0.3 is 9.03 Å². The quantitative estimate of drug-likeness (QED) is 0.878. The minimum Gasteiger partial charge on any atom is -0.415 e. The molecule has 0 saturated heterocycles. The average molecular weight is 326 g/mol. The number of amides is 2. The molecule has 3 rings (SSSR count). The summed E-state index contributed by atoms with van der Waals surface area (Å²) in [6.45, 7) is 0. The van der Waals surface area contributed by atoms with Crippen molar-refractivity contribution in [3.8, 4) is 5.75 Å². The number of para-hydroxylation sites is 1. The summed E-state index contributed by atoms with van der Waals surface area (Å²) < 4.78 is 14.6. The van der Waals surface area contributed by atoms with Crippen molar-refractivity contribution in [2.24, 2.45) is 0 Å². The minimum absolute atomic E-state index is 0.0560. The number of aromatic amines is 1. The molecule has 0 saturated carbocycles. The molecular weight excluding hydrogens is 317 g/mol. The van der Waals surface area contributed by atoms with Crippen LogP contribution in [0, 0.1) is 0 Å². The van der Waals surface area contributed by atoms with E-state index in [4.69, 9.17) is 4.52 Å². The van der Waals surface area contributed by atoms with Crippen molar-refractivity contribution < 1.29 is 14.1 Å². The number of nitrogens with zero attached hydrogens (tertiary/aromatic N) is 3. The Bertz CT molecular complexity index is 692. The number of carbonyl (C=O) groups is 2. The third-order valence-electron chi connectivity index (χ3n) is 2.39. The van der Waals surface area contributed by atoms with Crippen molar-refractivity contribution in [2.75, 3.05) is 5.01 Å². The Labute approximate surface area is 118 Å². The number of benzene rings is 1. The maximum Gasteiger partial charge on any atom is 0.287 e. The molecule has 2 amide bonds. The fourth-order valence-electron chi connectivity index (χ4n) is 1.55. The summed E-state index contributed by atoms with van der Waals surface area (Å²) >= 11 is 0. The summed E-state index contributed by atoms with van der Waals surface area (Å²) in [4.78, 5) is 23.5. The number of nitrogens with one attached hydrogen (secondary N) is 1. The Morgan fingerprint density at radius 2 is 1.90 bits per heavy atom. The summed E-state index contributed by atoms with van der Waals surface area (Å²) in [7, 11) is -0.696. The lowest BCUT2D eigenvalue weighted by Crippen LogP contribution is -2.38. The number of imide groups is 1. The van der Waals surface area contributed by atoms with Gasteiger partial charge in [0.1, 0.15) is 14.3 Å². The lowest BCUT2D eigenvalue weighted by atomic mass is 10.3. The molecule has 1 aromatic heterocycles. The van der Waals surface area contributed by atoms with E-state index in [1.165, 1.54) is 12.2 Å². The Morgan fingerprint density at radius 1 is 1.20 bits per heavy atom. The van der Waals surface area contributed by atoms with Crippen LogP contribution in [0.4, 0.5) is 0 Å². The average Bonchev–Trinajstić information content (AvgIpc) is 2.80. The summed E-state index contributed by atoms with van der Waals surface area (Å²) in [6.07, 6.45) is 2.49. The first-order valence-corrected chi connectivity index (χ1v) is 8.52. The van der Waals surface area contributed by atoms with E-state index in [0.717, 1.165) is 5.01 Å². The highest BCUT2D eigenvalue weighted by Gasteiger charge is 2.27. The Balaban J connectivity index is 1.97. The standard InChI is InChI=1S/C10H9N4O3P3/c15-9-6-7-10(16)13(9)14-19-11-18-12-20(14)17-8-4-2-1-3-5-8/h1-7,19H,(H,11,12). The van der Waals surface area contributed by atoms with Crippen molar-refractivity contribution in [1.82, 2.24) is 13.2 Å². The molecule has 1 N–H and O–H groups in total. The molecule has 7 nitrogen and oxygen atoms in total. The van der Waals surface area contributed by atoms with Crippen molar-refractivity contribution >= 4 is 36.9 Å². The first kappa shape index (κ1) is 13.2. The molecule has 20 heavy (non-hydrogen) atoms. The topological polar surface area (TPSA) is 80.2 Å². The minimum atomic E-state index is -1.44. The number of aromatic nitrogens is 3. The van der Waals surface area contributed by atoms with E-state index in [9.17, 15) is 9.59 Å². The number of H-pyrrole nitrogens is 1. The van der Waals surface area contributed by atoms with Crippen LogP contribution in [0.25, 0.3) is 0 Å². The molecule has 0 bridgehead atoms. The van der Waals surface area contributed by atoms with Crippen LogP contribution in [0.3, 0.4) is 0 Å². The predicted molar refractivity (Wildman–Crippen MR) is 78.8 cm³/mol. The molecule has 1 aliphatic heterocycles. The largest absolute Gasteiger partial charge is 0.415 e. The zero-order valence-electron chi connectivity index (χ0n) is 10.0. The fourth-order valence-corrected chi connectivity index (χ4v) is 5.66. The number of carbonyl (C=O) groups excluding carboxylic acids is 2. The number of hydrogen-bond donors (Lipinski definition) is 1. The van der Waals surface area contributed by atoms with Crippen LogP contribution in [0.1, 0.15) is 0 Å². The summed E-state index contributed by atoms with van der Waals surface area (Å²) in [6, 6.07) is 9.21. The van der Waals surface area contributed by atoms with E-state index < -0.39 is 8.08 Å². The van der Waals surface area contributed by atoms with Crippen LogP contribution in [0.5, 0.6) is 5.75 Å². The van der Waals surface area contributed by atoms with Gasteiger partial charge in [0, 0.05) is 20.7 Å². The van der Waals surface area contributed by atoms with Gasteiger partial charge in [0.25, 0.3) is 19.9 Å².